The van der Waals surface area contributed by atoms with Crippen molar-refractivity contribution >= 4 is 23.4 Å². The topological polar surface area (TPSA) is 47.8 Å². The van der Waals surface area contributed by atoms with Gasteiger partial charge in [0.05, 0.1) is 11.8 Å². The first-order valence-corrected chi connectivity index (χ1v) is 7.87. The second kappa shape index (κ2) is 5.69. The van der Waals surface area contributed by atoms with Crippen LogP contribution in [-0.2, 0) is 24.8 Å². The molecule has 110 valence electrons. The van der Waals surface area contributed by atoms with E-state index in [1.807, 2.05) is 11.7 Å². The van der Waals surface area contributed by atoms with Crippen LogP contribution in [0.15, 0.2) is 0 Å². The lowest BCUT2D eigenvalue weighted by molar-refractivity contribution is 0.00888. The Hall–Kier alpha value is -1.14. The molecule has 0 radical (unpaired) electrons. The van der Waals surface area contributed by atoms with E-state index in [9.17, 15) is 0 Å². The predicted octanol–water partition coefficient (Wildman–Crippen LogP) is 2.95. The van der Waals surface area contributed by atoms with Crippen molar-refractivity contribution in [2.75, 3.05) is 6.61 Å². The van der Waals surface area contributed by atoms with Crippen LogP contribution in [0.1, 0.15) is 38.3 Å². The number of nitrogens with zero attached hydrogens (tertiary/aromatic N) is 3. The average Bonchev–Trinajstić information content (AvgIpc) is 2.95. The van der Waals surface area contributed by atoms with Crippen molar-refractivity contribution in [1.29, 1.82) is 0 Å². The number of imidazole rings is 1. The summed E-state index contributed by atoms with van der Waals surface area (Å²) in [6.45, 7) is 3.92. The van der Waals surface area contributed by atoms with Crippen LogP contribution in [0, 0.1) is 4.77 Å². The molecule has 1 atom stereocenters. The van der Waals surface area contributed by atoms with Gasteiger partial charge in [-0.05, 0) is 44.3 Å². The third-order valence-electron chi connectivity index (χ3n) is 4.11. The first-order valence-electron chi connectivity index (χ1n) is 7.46. The Kier molecular flexibility index (Phi) is 3.94. The highest BCUT2D eigenvalue weighted by molar-refractivity contribution is 7.71. The van der Waals surface area contributed by atoms with Gasteiger partial charge in [0.25, 0.3) is 0 Å². The van der Waals surface area contributed by atoms with E-state index in [0.29, 0.717) is 6.10 Å². The van der Waals surface area contributed by atoms with Gasteiger partial charge >= 0.3 is 0 Å². The summed E-state index contributed by atoms with van der Waals surface area (Å²) in [6.07, 6.45) is 5.98. The summed E-state index contributed by atoms with van der Waals surface area (Å²) in [6, 6.07) is 0. The number of nitrogens with one attached hydrogen (secondary N) is 1. The predicted molar refractivity (Wildman–Crippen MR) is 81.5 cm³/mol. The van der Waals surface area contributed by atoms with E-state index in [1.165, 1.54) is 19.3 Å². The lowest BCUT2D eigenvalue weighted by Gasteiger charge is -2.22. The highest BCUT2D eigenvalue weighted by Gasteiger charge is 2.17. The maximum atomic E-state index is 5.80. The minimum absolute atomic E-state index is 0.384. The maximum absolute atomic E-state index is 5.80. The zero-order valence-corrected chi connectivity index (χ0v) is 13.0. The zero-order valence-electron chi connectivity index (χ0n) is 12.2. The van der Waals surface area contributed by atoms with Crippen LogP contribution in [0.2, 0.25) is 0 Å². The molecule has 1 aliphatic rings. The fraction of sp³-hybridized carbons (Fsp3) is 0.714. The highest BCUT2D eigenvalue weighted by Crippen LogP contribution is 2.21. The number of H-pyrrole nitrogens is 1. The molecule has 1 unspecified atom stereocenters. The largest absolute Gasteiger partial charge is 0.378 e. The summed E-state index contributed by atoms with van der Waals surface area (Å²) >= 11 is 5.47. The Morgan fingerprint density at radius 2 is 2.30 bits per heavy atom. The van der Waals surface area contributed by atoms with E-state index in [1.54, 1.807) is 0 Å². The van der Waals surface area contributed by atoms with E-state index in [0.717, 1.165) is 47.6 Å². The number of aromatic amines is 1. The van der Waals surface area contributed by atoms with Gasteiger partial charge in [-0.1, -0.05) is 6.92 Å². The molecule has 2 aromatic rings. The minimum atomic E-state index is 0.384. The van der Waals surface area contributed by atoms with Gasteiger partial charge in [0, 0.05) is 20.2 Å². The maximum Gasteiger partial charge on any atom is 0.179 e. The molecule has 0 bridgehead atoms. The van der Waals surface area contributed by atoms with Gasteiger partial charge in [-0.15, -0.1) is 0 Å². The van der Waals surface area contributed by atoms with Crippen molar-refractivity contribution in [3.63, 3.8) is 0 Å². The number of aromatic nitrogens is 4. The standard InChI is InChI=1S/C14H22N4OS/c1-3-11-12-13(17(2)16-11)18(14(20)15-12)8-7-10-6-4-5-9-19-10/h10H,3-9H2,1-2H3,(H,15,20). The molecular weight excluding hydrogens is 272 g/mol. The van der Waals surface area contributed by atoms with Crippen LogP contribution >= 0.6 is 12.2 Å². The van der Waals surface area contributed by atoms with Crippen molar-refractivity contribution in [3.8, 4) is 0 Å². The molecule has 0 spiro atoms. The van der Waals surface area contributed by atoms with Gasteiger partial charge in [-0.2, -0.15) is 5.10 Å². The Morgan fingerprint density at radius 3 is 3.00 bits per heavy atom. The van der Waals surface area contributed by atoms with Crippen molar-refractivity contribution in [2.45, 2.75) is 51.7 Å². The van der Waals surface area contributed by atoms with E-state index in [-0.39, 0.29) is 0 Å². The third-order valence-corrected chi connectivity index (χ3v) is 4.43. The van der Waals surface area contributed by atoms with Crippen LogP contribution < -0.4 is 0 Å². The number of hydrogen-bond acceptors (Lipinski definition) is 3. The van der Waals surface area contributed by atoms with Gasteiger partial charge in [-0.3, -0.25) is 4.68 Å². The summed E-state index contributed by atoms with van der Waals surface area (Å²) in [5.74, 6) is 0. The minimum Gasteiger partial charge on any atom is -0.378 e. The van der Waals surface area contributed by atoms with Crippen LogP contribution in [-0.4, -0.2) is 32.0 Å². The zero-order chi connectivity index (χ0) is 14.1. The molecule has 1 aliphatic heterocycles. The van der Waals surface area contributed by atoms with Crippen LogP contribution in [0.25, 0.3) is 11.2 Å². The lowest BCUT2D eigenvalue weighted by atomic mass is 10.1. The lowest BCUT2D eigenvalue weighted by Crippen LogP contribution is -2.21. The van der Waals surface area contributed by atoms with E-state index in [2.05, 4.69) is 21.6 Å². The molecule has 3 heterocycles. The molecule has 1 fully saturated rings. The van der Waals surface area contributed by atoms with Crippen LogP contribution in [0.5, 0.6) is 0 Å². The number of aryl methyl sites for hydroxylation is 3. The van der Waals surface area contributed by atoms with Gasteiger partial charge in [-0.25, -0.2) is 0 Å². The van der Waals surface area contributed by atoms with Crippen molar-refractivity contribution < 1.29 is 4.74 Å². The summed E-state index contributed by atoms with van der Waals surface area (Å²) in [5, 5.41) is 4.55. The SMILES string of the molecule is CCc1nn(C)c2c1[nH]c(=S)n2CCC1CCCCO1. The van der Waals surface area contributed by atoms with E-state index >= 15 is 0 Å². The Bertz CT molecular complexity index is 648. The monoisotopic (exact) mass is 294 g/mol. The fourth-order valence-corrected chi connectivity index (χ4v) is 3.32. The molecule has 0 aromatic carbocycles. The smallest absolute Gasteiger partial charge is 0.179 e. The van der Waals surface area contributed by atoms with Crippen molar-refractivity contribution in [2.24, 2.45) is 7.05 Å². The number of fused-ring (bicyclic) bond motifs is 1. The summed E-state index contributed by atoms with van der Waals surface area (Å²) in [5.41, 5.74) is 3.27. The Labute approximate surface area is 123 Å². The van der Waals surface area contributed by atoms with E-state index in [4.69, 9.17) is 17.0 Å². The summed E-state index contributed by atoms with van der Waals surface area (Å²) in [4.78, 5) is 3.31. The molecule has 20 heavy (non-hydrogen) atoms. The number of ether oxygens (including phenoxy) is 1. The first-order chi connectivity index (χ1) is 9.70. The van der Waals surface area contributed by atoms with Crippen LogP contribution in [0.4, 0.5) is 0 Å². The van der Waals surface area contributed by atoms with Crippen molar-refractivity contribution in [1.82, 2.24) is 19.3 Å². The molecule has 0 amide bonds. The van der Waals surface area contributed by atoms with Gasteiger partial charge in [0.2, 0.25) is 0 Å². The van der Waals surface area contributed by atoms with Crippen molar-refractivity contribution in [3.05, 3.63) is 10.5 Å². The molecule has 2 aromatic heterocycles. The Morgan fingerprint density at radius 1 is 1.45 bits per heavy atom. The third kappa shape index (κ3) is 2.42. The number of hydrogen-bond donors (Lipinski definition) is 1. The Balaban J connectivity index is 1.85. The first kappa shape index (κ1) is 13.8. The molecule has 5 nitrogen and oxygen atoms in total. The molecule has 0 aliphatic carbocycles. The molecule has 6 heteroatoms. The molecule has 0 saturated carbocycles. The van der Waals surface area contributed by atoms with E-state index < -0.39 is 0 Å². The van der Waals surface area contributed by atoms with Gasteiger partial charge in [0.1, 0.15) is 5.52 Å². The fourth-order valence-electron chi connectivity index (χ4n) is 3.04. The average molecular weight is 294 g/mol. The molecule has 1 N–H and O–H groups in total. The second-order valence-electron chi connectivity index (χ2n) is 5.48. The summed E-state index contributed by atoms with van der Waals surface area (Å²) in [7, 11) is 1.98. The number of rotatable bonds is 4. The summed E-state index contributed by atoms with van der Waals surface area (Å²) < 4.78 is 10.7. The second-order valence-corrected chi connectivity index (χ2v) is 5.87. The molecule has 3 rings (SSSR count). The van der Waals surface area contributed by atoms with Gasteiger partial charge < -0.3 is 14.3 Å². The van der Waals surface area contributed by atoms with Crippen LogP contribution in [0.3, 0.4) is 0 Å². The molecule has 1 saturated heterocycles. The molecular formula is C14H22N4OS. The van der Waals surface area contributed by atoms with Gasteiger partial charge in [0.15, 0.2) is 10.4 Å². The normalized spacial score (nSPS) is 19.8. The highest BCUT2D eigenvalue weighted by atomic mass is 32.1. The quantitative estimate of drug-likeness (QED) is 0.882.